The summed E-state index contributed by atoms with van der Waals surface area (Å²) in [6.07, 6.45) is 0. The summed E-state index contributed by atoms with van der Waals surface area (Å²) in [5, 5.41) is 2.81. The van der Waals surface area contributed by atoms with Gasteiger partial charge in [0.05, 0.1) is 0 Å². The smallest absolute Gasteiger partial charge is 0.251 e. The largest absolute Gasteiger partial charge is 0.349 e. The van der Waals surface area contributed by atoms with Crippen molar-refractivity contribution in [2.24, 2.45) is 11.7 Å². The summed E-state index contributed by atoms with van der Waals surface area (Å²) < 4.78 is 13.3. The molecule has 0 radical (unpaired) electrons. The molecule has 94 valence electrons. The molecule has 1 rings (SSSR count). The van der Waals surface area contributed by atoms with Gasteiger partial charge in [-0.3, -0.25) is 4.79 Å². The number of hydrogen-bond donors (Lipinski definition) is 2. The zero-order chi connectivity index (χ0) is 13.0. The Kier molecular flexibility index (Phi) is 4.63. The number of halogens is 1. The van der Waals surface area contributed by atoms with E-state index in [9.17, 15) is 9.18 Å². The molecular formula is C13H19FN2O. The maximum Gasteiger partial charge on any atom is 0.251 e. The van der Waals surface area contributed by atoms with Gasteiger partial charge in [0.2, 0.25) is 0 Å². The van der Waals surface area contributed by atoms with Crippen LogP contribution >= 0.6 is 0 Å². The van der Waals surface area contributed by atoms with Crippen LogP contribution in [0, 0.1) is 18.7 Å². The summed E-state index contributed by atoms with van der Waals surface area (Å²) in [5.74, 6) is -0.442. The zero-order valence-corrected chi connectivity index (χ0v) is 10.5. The lowest BCUT2D eigenvalue weighted by Gasteiger charge is -2.19. The topological polar surface area (TPSA) is 55.1 Å². The number of nitrogens with one attached hydrogen (secondary N) is 1. The SMILES string of the molecule is Cc1ccc(C(=O)NC(C)C(C)CN)cc1F. The Bertz CT molecular complexity index is 406. The first-order chi connectivity index (χ1) is 7.95. The van der Waals surface area contributed by atoms with Crippen LogP contribution in [0.1, 0.15) is 29.8 Å². The van der Waals surface area contributed by atoms with Crippen molar-refractivity contribution in [3.63, 3.8) is 0 Å². The number of amides is 1. The predicted molar refractivity (Wildman–Crippen MR) is 66.3 cm³/mol. The van der Waals surface area contributed by atoms with Crippen LogP contribution in [0.3, 0.4) is 0 Å². The van der Waals surface area contributed by atoms with E-state index in [4.69, 9.17) is 5.73 Å². The first kappa shape index (κ1) is 13.6. The highest BCUT2D eigenvalue weighted by Gasteiger charge is 2.15. The second kappa shape index (κ2) is 5.77. The van der Waals surface area contributed by atoms with Crippen LogP contribution < -0.4 is 11.1 Å². The number of rotatable bonds is 4. The van der Waals surface area contributed by atoms with E-state index in [1.807, 2.05) is 13.8 Å². The normalized spacial score (nSPS) is 14.2. The average Bonchev–Trinajstić information content (AvgIpc) is 2.31. The van der Waals surface area contributed by atoms with Gasteiger partial charge in [-0.15, -0.1) is 0 Å². The Labute approximate surface area is 101 Å². The first-order valence-electron chi connectivity index (χ1n) is 5.72. The van der Waals surface area contributed by atoms with Crippen LogP contribution in [0.15, 0.2) is 18.2 Å². The van der Waals surface area contributed by atoms with E-state index >= 15 is 0 Å². The minimum absolute atomic E-state index is 0.0307. The molecule has 1 amide bonds. The molecule has 2 unspecified atom stereocenters. The summed E-state index contributed by atoms with van der Waals surface area (Å²) in [7, 11) is 0. The van der Waals surface area contributed by atoms with Crippen LogP contribution in [-0.2, 0) is 0 Å². The molecule has 17 heavy (non-hydrogen) atoms. The van der Waals surface area contributed by atoms with E-state index in [0.29, 0.717) is 17.7 Å². The van der Waals surface area contributed by atoms with Gasteiger partial charge in [0.15, 0.2) is 0 Å². The quantitative estimate of drug-likeness (QED) is 0.841. The molecule has 0 aliphatic heterocycles. The Morgan fingerprint density at radius 2 is 2.12 bits per heavy atom. The van der Waals surface area contributed by atoms with Crippen molar-refractivity contribution in [1.29, 1.82) is 0 Å². The zero-order valence-electron chi connectivity index (χ0n) is 10.5. The number of carbonyl (C=O) groups is 1. The molecule has 4 heteroatoms. The van der Waals surface area contributed by atoms with Gasteiger partial charge < -0.3 is 11.1 Å². The van der Waals surface area contributed by atoms with Crippen molar-refractivity contribution in [3.05, 3.63) is 35.1 Å². The molecule has 0 aliphatic rings. The second-order valence-corrected chi connectivity index (χ2v) is 4.44. The van der Waals surface area contributed by atoms with Gasteiger partial charge in [0, 0.05) is 11.6 Å². The number of hydrogen-bond acceptors (Lipinski definition) is 2. The van der Waals surface area contributed by atoms with Crippen LogP contribution in [0.25, 0.3) is 0 Å². The average molecular weight is 238 g/mol. The molecule has 1 aromatic rings. The maximum atomic E-state index is 13.3. The molecule has 0 fully saturated rings. The first-order valence-corrected chi connectivity index (χ1v) is 5.72. The van der Waals surface area contributed by atoms with E-state index in [0.717, 1.165) is 0 Å². The molecule has 0 bridgehead atoms. The summed E-state index contributed by atoms with van der Waals surface area (Å²) in [4.78, 5) is 11.8. The third kappa shape index (κ3) is 3.53. The highest BCUT2D eigenvalue weighted by Crippen LogP contribution is 2.10. The van der Waals surface area contributed by atoms with Crippen molar-refractivity contribution in [2.45, 2.75) is 26.8 Å². The van der Waals surface area contributed by atoms with Gasteiger partial charge in [-0.1, -0.05) is 13.0 Å². The maximum absolute atomic E-state index is 13.3. The van der Waals surface area contributed by atoms with Crippen molar-refractivity contribution in [1.82, 2.24) is 5.32 Å². The minimum Gasteiger partial charge on any atom is -0.349 e. The van der Waals surface area contributed by atoms with E-state index in [1.54, 1.807) is 19.1 Å². The lowest BCUT2D eigenvalue weighted by molar-refractivity contribution is 0.0929. The van der Waals surface area contributed by atoms with Crippen LogP contribution in [-0.4, -0.2) is 18.5 Å². The van der Waals surface area contributed by atoms with Gasteiger partial charge in [-0.2, -0.15) is 0 Å². The Morgan fingerprint density at radius 1 is 1.47 bits per heavy atom. The van der Waals surface area contributed by atoms with Gasteiger partial charge in [0.1, 0.15) is 5.82 Å². The standard InChI is InChI=1S/C13H19FN2O/c1-8-4-5-11(6-12(8)14)13(17)16-10(3)9(2)7-15/h4-6,9-10H,7,15H2,1-3H3,(H,16,17). The van der Waals surface area contributed by atoms with Crippen LogP contribution in [0.2, 0.25) is 0 Å². The highest BCUT2D eigenvalue weighted by atomic mass is 19.1. The van der Waals surface area contributed by atoms with E-state index in [-0.39, 0.29) is 23.7 Å². The van der Waals surface area contributed by atoms with Gasteiger partial charge in [0.25, 0.3) is 5.91 Å². The Morgan fingerprint density at radius 3 is 2.65 bits per heavy atom. The lowest BCUT2D eigenvalue weighted by atomic mass is 10.0. The molecule has 3 N–H and O–H groups in total. The van der Waals surface area contributed by atoms with E-state index in [2.05, 4.69) is 5.32 Å². The number of aryl methyl sites for hydroxylation is 1. The summed E-state index contributed by atoms with van der Waals surface area (Å²) >= 11 is 0. The fraction of sp³-hybridized carbons (Fsp3) is 0.462. The van der Waals surface area contributed by atoms with Gasteiger partial charge >= 0.3 is 0 Å². The third-order valence-electron chi connectivity index (χ3n) is 3.02. The Hall–Kier alpha value is -1.42. The monoisotopic (exact) mass is 238 g/mol. The Balaban J connectivity index is 2.73. The summed E-state index contributed by atoms with van der Waals surface area (Å²) in [6.45, 7) is 6.01. The summed E-state index contributed by atoms with van der Waals surface area (Å²) in [5.41, 5.74) is 6.39. The fourth-order valence-corrected chi connectivity index (χ4v) is 1.37. The van der Waals surface area contributed by atoms with Crippen molar-refractivity contribution in [3.8, 4) is 0 Å². The van der Waals surface area contributed by atoms with E-state index < -0.39 is 0 Å². The third-order valence-corrected chi connectivity index (χ3v) is 3.02. The molecule has 0 saturated heterocycles. The molecule has 0 aromatic heterocycles. The molecule has 0 aliphatic carbocycles. The number of carbonyl (C=O) groups excluding carboxylic acids is 1. The number of nitrogens with two attached hydrogens (primary N) is 1. The molecule has 3 nitrogen and oxygen atoms in total. The predicted octanol–water partition coefficient (Wildman–Crippen LogP) is 1.85. The van der Waals surface area contributed by atoms with Crippen LogP contribution in [0.4, 0.5) is 4.39 Å². The van der Waals surface area contributed by atoms with E-state index in [1.165, 1.54) is 6.07 Å². The van der Waals surface area contributed by atoms with Crippen molar-refractivity contribution >= 4 is 5.91 Å². The molecule has 0 saturated carbocycles. The van der Waals surface area contributed by atoms with Crippen LogP contribution in [0.5, 0.6) is 0 Å². The van der Waals surface area contributed by atoms with Gasteiger partial charge in [-0.05, 0) is 44.0 Å². The molecular weight excluding hydrogens is 219 g/mol. The number of benzene rings is 1. The molecule has 2 atom stereocenters. The molecule has 1 aromatic carbocycles. The highest BCUT2D eigenvalue weighted by molar-refractivity contribution is 5.94. The molecule has 0 heterocycles. The van der Waals surface area contributed by atoms with Crippen molar-refractivity contribution in [2.75, 3.05) is 6.54 Å². The summed E-state index contributed by atoms with van der Waals surface area (Å²) in [6, 6.07) is 4.44. The lowest BCUT2D eigenvalue weighted by Crippen LogP contribution is -2.39. The van der Waals surface area contributed by atoms with Crippen molar-refractivity contribution < 1.29 is 9.18 Å². The fourth-order valence-electron chi connectivity index (χ4n) is 1.37. The minimum atomic E-state index is -0.364. The van der Waals surface area contributed by atoms with Gasteiger partial charge in [-0.25, -0.2) is 4.39 Å². The molecule has 0 spiro atoms. The second-order valence-electron chi connectivity index (χ2n) is 4.44.